The lowest BCUT2D eigenvalue weighted by Gasteiger charge is -2.50. The van der Waals surface area contributed by atoms with Crippen LogP contribution in [0, 0.1) is 11.3 Å². The maximum atomic E-state index is 11.8. The summed E-state index contributed by atoms with van der Waals surface area (Å²) in [6, 6.07) is 2.44. The third-order valence-corrected chi connectivity index (χ3v) is 3.49. The van der Waals surface area contributed by atoms with Crippen LogP contribution >= 0.6 is 0 Å². The summed E-state index contributed by atoms with van der Waals surface area (Å²) in [7, 11) is 0. The molecule has 4 nitrogen and oxygen atoms in total. The number of nitrogens with zero attached hydrogens (tertiary/aromatic N) is 3. The van der Waals surface area contributed by atoms with Gasteiger partial charge in [-0.25, -0.2) is 0 Å². The zero-order valence-electron chi connectivity index (χ0n) is 11.8. The number of carbonyl (C=O) groups excluding carboxylic acids is 1. The predicted octanol–water partition coefficient (Wildman–Crippen LogP) is 1.79. The molecule has 18 heavy (non-hydrogen) atoms. The van der Waals surface area contributed by atoms with Crippen molar-refractivity contribution in [2.75, 3.05) is 13.1 Å². The highest BCUT2D eigenvalue weighted by atomic mass is 16.2. The van der Waals surface area contributed by atoms with Crippen molar-refractivity contribution < 1.29 is 4.79 Å². The van der Waals surface area contributed by atoms with Crippen LogP contribution in [-0.2, 0) is 4.79 Å². The van der Waals surface area contributed by atoms with Gasteiger partial charge in [0.1, 0.15) is 0 Å². The standard InChI is InChI=1S/C14H23N3O/c1-6-13(18)16-9-11(2)17(14(3,4)5)10-12(16)7-8-15/h6,11-12H,1,7,9-10H2,2-5H3/t11-,12+/m1/s1. The minimum Gasteiger partial charge on any atom is -0.332 e. The van der Waals surface area contributed by atoms with Crippen LogP contribution in [0.3, 0.4) is 0 Å². The number of rotatable bonds is 2. The second-order valence-electron chi connectivity index (χ2n) is 5.88. The van der Waals surface area contributed by atoms with E-state index in [-0.39, 0.29) is 17.5 Å². The van der Waals surface area contributed by atoms with Crippen LogP contribution in [-0.4, -0.2) is 46.4 Å². The molecule has 0 aromatic rings. The first-order valence-corrected chi connectivity index (χ1v) is 6.38. The van der Waals surface area contributed by atoms with E-state index in [4.69, 9.17) is 5.26 Å². The summed E-state index contributed by atoms with van der Waals surface area (Å²) in [5, 5.41) is 8.91. The molecule has 1 amide bonds. The van der Waals surface area contributed by atoms with E-state index in [1.807, 2.05) is 0 Å². The lowest BCUT2D eigenvalue weighted by Crippen LogP contribution is -2.63. The molecule has 0 aromatic carbocycles. The van der Waals surface area contributed by atoms with Crippen molar-refractivity contribution in [3.8, 4) is 6.07 Å². The largest absolute Gasteiger partial charge is 0.332 e. The molecule has 0 aliphatic carbocycles. The van der Waals surface area contributed by atoms with Gasteiger partial charge in [0.2, 0.25) is 5.91 Å². The summed E-state index contributed by atoms with van der Waals surface area (Å²) in [4.78, 5) is 16.0. The Morgan fingerprint density at radius 2 is 2.11 bits per heavy atom. The van der Waals surface area contributed by atoms with Crippen molar-refractivity contribution in [3.63, 3.8) is 0 Å². The van der Waals surface area contributed by atoms with Crippen LogP contribution in [0.5, 0.6) is 0 Å². The second kappa shape index (κ2) is 5.53. The SMILES string of the molecule is C=CC(=O)N1C[C@@H](C)N(C(C)(C)C)C[C@@H]1CC#N. The fourth-order valence-corrected chi connectivity index (χ4v) is 2.64. The Morgan fingerprint density at radius 1 is 1.50 bits per heavy atom. The van der Waals surface area contributed by atoms with E-state index in [0.717, 1.165) is 6.54 Å². The van der Waals surface area contributed by atoms with Gasteiger partial charge in [-0.15, -0.1) is 0 Å². The van der Waals surface area contributed by atoms with Crippen LogP contribution in [0.15, 0.2) is 12.7 Å². The molecule has 1 aliphatic heterocycles. The number of nitriles is 1. The van der Waals surface area contributed by atoms with Crippen LogP contribution < -0.4 is 0 Å². The van der Waals surface area contributed by atoms with Gasteiger partial charge in [-0.2, -0.15) is 5.26 Å². The van der Waals surface area contributed by atoms with Crippen molar-refractivity contribution in [1.29, 1.82) is 5.26 Å². The molecule has 4 heteroatoms. The fourth-order valence-electron chi connectivity index (χ4n) is 2.64. The minimum absolute atomic E-state index is 0.0316. The number of piperazine rings is 1. The van der Waals surface area contributed by atoms with E-state index in [1.54, 1.807) is 4.90 Å². The molecular formula is C14H23N3O. The highest BCUT2D eigenvalue weighted by Crippen LogP contribution is 2.25. The molecule has 1 heterocycles. The van der Waals surface area contributed by atoms with Gasteiger partial charge < -0.3 is 4.90 Å². The number of hydrogen-bond acceptors (Lipinski definition) is 3. The van der Waals surface area contributed by atoms with Gasteiger partial charge in [0.15, 0.2) is 0 Å². The normalized spacial score (nSPS) is 25.6. The maximum absolute atomic E-state index is 11.8. The predicted molar refractivity (Wildman–Crippen MR) is 71.8 cm³/mol. The van der Waals surface area contributed by atoms with Gasteiger partial charge in [0, 0.05) is 24.7 Å². The summed E-state index contributed by atoms with van der Waals surface area (Å²) < 4.78 is 0. The zero-order chi connectivity index (χ0) is 13.9. The summed E-state index contributed by atoms with van der Waals surface area (Å²) in [5.41, 5.74) is 0.0520. The van der Waals surface area contributed by atoms with Gasteiger partial charge >= 0.3 is 0 Å². The van der Waals surface area contributed by atoms with Crippen molar-refractivity contribution in [2.45, 2.75) is 51.7 Å². The molecule has 1 aliphatic rings. The van der Waals surface area contributed by atoms with E-state index < -0.39 is 0 Å². The molecule has 0 spiro atoms. The third kappa shape index (κ3) is 3.11. The van der Waals surface area contributed by atoms with Gasteiger partial charge in [-0.1, -0.05) is 6.58 Å². The number of hydrogen-bond donors (Lipinski definition) is 0. The van der Waals surface area contributed by atoms with Crippen molar-refractivity contribution >= 4 is 5.91 Å². The Morgan fingerprint density at radius 3 is 2.56 bits per heavy atom. The molecule has 0 bridgehead atoms. The highest BCUT2D eigenvalue weighted by Gasteiger charge is 2.37. The average molecular weight is 249 g/mol. The van der Waals surface area contributed by atoms with E-state index in [1.165, 1.54) is 6.08 Å². The molecule has 1 fully saturated rings. The molecule has 0 N–H and O–H groups in total. The molecule has 0 aromatic heterocycles. The topological polar surface area (TPSA) is 47.3 Å². The summed E-state index contributed by atoms with van der Waals surface area (Å²) >= 11 is 0. The number of carbonyl (C=O) groups is 1. The van der Waals surface area contributed by atoms with Gasteiger partial charge in [0.25, 0.3) is 0 Å². The lowest BCUT2D eigenvalue weighted by molar-refractivity contribution is -0.134. The van der Waals surface area contributed by atoms with Gasteiger partial charge in [-0.3, -0.25) is 9.69 Å². The molecule has 1 rings (SSSR count). The van der Waals surface area contributed by atoms with Crippen LogP contribution in [0.2, 0.25) is 0 Å². The second-order valence-corrected chi connectivity index (χ2v) is 5.88. The first-order valence-electron chi connectivity index (χ1n) is 6.38. The molecule has 100 valence electrons. The fraction of sp³-hybridized carbons (Fsp3) is 0.714. The number of amides is 1. The molecule has 0 saturated carbocycles. The van der Waals surface area contributed by atoms with Crippen molar-refractivity contribution in [3.05, 3.63) is 12.7 Å². The Balaban J connectivity index is 2.91. The van der Waals surface area contributed by atoms with E-state index >= 15 is 0 Å². The highest BCUT2D eigenvalue weighted by molar-refractivity contribution is 5.87. The quantitative estimate of drug-likeness (QED) is 0.701. The zero-order valence-corrected chi connectivity index (χ0v) is 11.8. The Bertz CT molecular complexity index is 364. The summed E-state index contributed by atoms with van der Waals surface area (Å²) in [6.07, 6.45) is 1.71. The third-order valence-electron chi connectivity index (χ3n) is 3.49. The van der Waals surface area contributed by atoms with E-state index in [0.29, 0.717) is 19.0 Å². The Labute approximate surface area is 110 Å². The molecule has 1 saturated heterocycles. The van der Waals surface area contributed by atoms with E-state index in [2.05, 4.69) is 45.2 Å². The molecule has 0 unspecified atom stereocenters. The smallest absolute Gasteiger partial charge is 0.246 e. The van der Waals surface area contributed by atoms with Crippen LogP contribution in [0.1, 0.15) is 34.1 Å². The Kier molecular flexibility index (Phi) is 4.53. The average Bonchev–Trinajstić information content (AvgIpc) is 2.28. The maximum Gasteiger partial charge on any atom is 0.246 e. The first-order chi connectivity index (χ1) is 8.31. The lowest BCUT2D eigenvalue weighted by atomic mass is 9.96. The molecular weight excluding hydrogens is 226 g/mol. The first kappa shape index (κ1) is 14.7. The van der Waals surface area contributed by atoms with Crippen molar-refractivity contribution in [2.24, 2.45) is 0 Å². The molecule has 2 atom stereocenters. The monoisotopic (exact) mass is 249 g/mol. The van der Waals surface area contributed by atoms with Gasteiger partial charge in [-0.05, 0) is 33.8 Å². The van der Waals surface area contributed by atoms with Crippen molar-refractivity contribution in [1.82, 2.24) is 9.80 Å². The molecule has 0 radical (unpaired) electrons. The summed E-state index contributed by atoms with van der Waals surface area (Å²) in [6.45, 7) is 13.6. The van der Waals surface area contributed by atoms with Gasteiger partial charge in [0.05, 0.1) is 18.5 Å². The van der Waals surface area contributed by atoms with E-state index in [9.17, 15) is 4.79 Å². The summed E-state index contributed by atoms with van der Waals surface area (Å²) in [5.74, 6) is -0.0735. The minimum atomic E-state index is -0.0735. The van der Waals surface area contributed by atoms with Crippen LogP contribution in [0.4, 0.5) is 0 Å². The Hall–Kier alpha value is -1.34. The van der Waals surface area contributed by atoms with Crippen LogP contribution in [0.25, 0.3) is 0 Å².